The van der Waals surface area contributed by atoms with Crippen molar-refractivity contribution in [2.45, 2.75) is 0 Å². The van der Waals surface area contributed by atoms with Gasteiger partial charge in [-0.1, -0.05) is 42.5 Å². The van der Waals surface area contributed by atoms with Crippen LogP contribution in [0.5, 0.6) is 0 Å². The molecule has 0 aliphatic carbocycles. The number of rotatable bonds is 2. The highest BCUT2D eigenvalue weighted by atomic mass is 14.8. The molecule has 0 amide bonds. The molecule has 0 aliphatic heterocycles. The molecule has 1 aromatic carbocycles. The zero-order valence-electron chi connectivity index (χ0n) is 8.30. The topological polar surface area (TPSA) is 38.9 Å². The summed E-state index contributed by atoms with van der Waals surface area (Å²) in [4.78, 5) is 4.02. The first kappa shape index (κ1) is 9.46. The van der Waals surface area contributed by atoms with E-state index < -0.39 is 0 Å². The summed E-state index contributed by atoms with van der Waals surface area (Å²) in [6.45, 7) is 0. The fourth-order valence-electron chi connectivity index (χ4n) is 1.32. The lowest BCUT2D eigenvalue weighted by Gasteiger charge is -1.97. The first-order chi connectivity index (χ1) is 7.36. The van der Waals surface area contributed by atoms with Gasteiger partial charge in [-0.05, 0) is 17.7 Å². The SMILES string of the molecule is Nc1ncccc1C=Cc1ccccc1. The van der Waals surface area contributed by atoms with E-state index in [-0.39, 0.29) is 0 Å². The molecule has 0 atom stereocenters. The summed E-state index contributed by atoms with van der Waals surface area (Å²) in [5, 5.41) is 0. The Morgan fingerprint density at radius 3 is 2.47 bits per heavy atom. The molecule has 0 bridgehead atoms. The molecule has 0 aliphatic rings. The molecular formula is C13H12N2. The number of anilines is 1. The van der Waals surface area contributed by atoms with E-state index >= 15 is 0 Å². The van der Waals surface area contributed by atoms with Crippen molar-refractivity contribution in [3.05, 3.63) is 59.8 Å². The molecule has 1 heterocycles. The Balaban J connectivity index is 2.23. The van der Waals surface area contributed by atoms with Crippen LogP contribution in [0, 0.1) is 0 Å². The van der Waals surface area contributed by atoms with Gasteiger partial charge in [0.1, 0.15) is 5.82 Å². The number of benzene rings is 1. The minimum absolute atomic E-state index is 0.560. The lowest BCUT2D eigenvalue weighted by Crippen LogP contribution is -1.91. The summed E-state index contributed by atoms with van der Waals surface area (Å²) in [5.74, 6) is 0.560. The van der Waals surface area contributed by atoms with E-state index in [4.69, 9.17) is 5.73 Å². The van der Waals surface area contributed by atoms with Gasteiger partial charge in [0.05, 0.1) is 0 Å². The summed E-state index contributed by atoms with van der Waals surface area (Å²) in [6.07, 6.45) is 5.68. The standard InChI is InChI=1S/C13H12N2/c14-13-12(7-4-10-15-13)9-8-11-5-2-1-3-6-11/h1-10H,(H2,14,15). The van der Waals surface area contributed by atoms with Crippen LogP contribution in [0.4, 0.5) is 5.82 Å². The summed E-state index contributed by atoms with van der Waals surface area (Å²) in [7, 11) is 0. The second-order valence-electron chi connectivity index (χ2n) is 3.22. The molecule has 2 aromatic rings. The molecule has 2 heteroatoms. The van der Waals surface area contributed by atoms with E-state index in [0.717, 1.165) is 11.1 Å². The fourth-order valence-corrected chi connectivity index (χ4v) is 1.32. The smallest absolute Gasteiger partial charge is 0.130 e. The summed E-state index contributed by atoms with van der Waals surface area (Å²) >= 11 is 0. The maximum Gasteiger partial charge on any atom is 0.130 e. The maximum absolute atomic E-state index is 5.72. The van der Waals surface area contributed by atoms with Crippen LogP contribution in [-0.4, -0.2) is 4.98 Å². The van der Waals surface area contributed by atoms with E-state index in [1.165, 1.54) is 0 Å². The van der Waals surface area contributed by atoms with Crippen molar-refractivity contribution in [2.75, 3.05) is 5.73 Å². The van der Waals surface area contributed by atoms with Crippen LogP contribution in [0.2, 0.25) is 0 Å². The van der Waals surface area contributed by atoms with Gasteiger partial charge in [0.15, 0.2) is 0 Å². The second-order valence-corrected chi connectivity index (χ2v) is 3.22. The van der Waals surface area contributed by atoms with Crippen molar-refractivity contribution in [2.24, 2.45) is 0 Å². The number of nitrogens with two attached hydrogens (primary N) is 1. The van der Waals surface area contributed by atoms with Crippen molar-refractivity contribution in [1.82, 2.24) is 4.98 Å². The third kappa shape index (κ3) is 2.44. The Bertz CT molecular complexity index is 461. The van der Waals surface area contributed by atoms with Gasteiger partial charge in [-0.25, -0.2) is 4.98 Å². The number of aromatic nitrogens is 1. The Morgan fingerprint density at radius 1 is 0.933 bits per heavy atom. The molecule has 2 N–H and O–H groups in total. The zero-order chi connectivity index (χ0) is 10.5. The fraction of sp³-hybridized carbons (Fsp3) is 0. The van der Waals surface area contributed by atoms with Crippen LogP contribution in [0.1, 0.15) is 11.1 Å². The van der Waals surface area contributed by atoms with Gasteiger partial charge in [0.25, 0.3) is 0 Å². The molecule has 2 rings (SSSR count). The number of nitrogen functional groups attached to an aromatic ring is 1. The molecule has 0 unspecified atom stereocenters. The minimum Gasteiger partial charge on any atom is -0.383 e. The predicted molar refractivity (Wildman–Crippen MR) is 64.0 cm³/mol. The highest BCUT2D eigenvalue weighted by Crippen LogP contribution is 2.11. The van der Waals surface area contributed by atoms with E-state index in [0.29, 0.717) is 5.82 Å². The van der Waals surface area contributed by atoms with Crippen molar-refractivity contribution in [3.8, 4) is 0 Å². The van der Waals surface area contributed by atoms with Gasteiger partial charge in [0, 0.05) is 11.8 Å². The molecule has 74 valence electrons. The predicted octanol–water partition coefficient (Wildman–Crippen LogP) is 2.83. The monoisotopic (exact) mass is 196 g/mol. The average Bonchev–Trinajstić information content (AvgIpc) is 2.29. The molecule has 0 spiro atoms. The molecule has 0 saturated heterocycles. The Hall–Kier alpha value is -2.09. The number of hydrogen-bond acceptors (Lipinski definition) is 2. The molecular weight excluding hydrogens is 184 g/mol. The van der Waals surface area contributed by atoms with Crippen LogP contribution in [0.25, 0.3) is 12.2 Å². The van der Waals surface area contributed by atoms with Crippen molar-refractivity contribution < 1.29 is 0 Å². The zero-order valence-corrected chi connectivity index (χ0v) is 8.30. The molecule has 2 nitrogen and oxygen atoms in total. The summed E-state index contributed by atoms with van der Waals surface area (Å²) < 4.78 is 0. The molecule has 15 heavy (non-hydrogen) atoms. The summed E-state index contributed by atoms with van der Waals surface area (Å²) in [5.41, 5.74) is 7.82. The van der Waals surface area contributed by atoms with Crippen LogP contribution in [-0.2, 0) is 0 Å². The van der Waals surface area contributed by atoms with Gasteiger partial charge >= 0.3 is 0 Å². The second kappa shape index (κ2) is 4.42. The third-order valence-corrected chi connectivity index (χ3v) is 2.13. The molecule has 0 radical (unpaired) electrons. The van der Waals surface area contributed by atoms with Gasteiger partial charge in [-0.15, -0.1) is 0 Å². The molecule has 0 fully saturated rings. The normalized spacial score (nSPS) is 10.7. The quantitative estimate of drug-likeness (QED) is 0.802. The largest absolute Gasteiger partial charge is 0.383 e. The minimum atomic E-state index is 0.560. The van der Waals surface area contributed by atoms with Gasteiger partial charge in [-0.2, -0.15) is 0 Å². The molecule has 0 saturated carbocycles. The van der Waals surface area contributed by atoms with Crippen LogP contribution in [0.3, 0.4) is 0 Å². The highest BCUT2D eigenvalue weighted by molar-refractivity contribution is 5.73. The third-order valence-electron chi connectivity index (χ3n) is 2.13. The number of pyridine rings is 1. The van der Waals surface area contributed by atoms with Crippen LogP contribution < -0.4 is 5.73 Å². The lowest BCUT2D eigenvalue weighted by atomic mass is 10.1. The Morgan fingerprint density at radius 2 is 1.73 bits per heavy atom. The first-order valence-electron chi connectivity index (χ1n) is 4.80. The van der Waals surface area contributed by atoms with Crippen molar-refractivity contribution in [1.29, 1.82) is 0 Å². The van der Waals surface area contributed by atoms with E-state index in [9.17, 15) is 0 Å². The van der Waals surface area contributed by atoms with E-state index in [1.54, 1.807) is 6.20 Å². The number of nitrogens with zero attached hydrogens (tertiary/aromatic N) is 1. The van der Waals surface area contributed by atoms with Crippen molar-refractivity contribution in [3.63, 3.8) is 0 Å². The average molecular weight is 196 g/mol. The first-order valence-corrected chi connectivity index (χ1v) is 4.80. The Labute approximate surface area is 89.1 Å². The van der Waals surface area contributed by atoms with Crippen molar-refractivity contribution >= 4 is 18.0 Å². The maximum atomic E-state index is 5.72. The van der Waals surface area contributed by atoms with E-state index in [1.807, 2.05) is 54.6 Å². The number of hydrogen-bond donors (Lipinski definition) is 1. The lowest BCUT2D eigenvalue weighted by molar-refractivity contribution is 1.33. The summed E-state index contributed by atoms with van der Waals surface area (Å²) in [6, 6.07) is 13.9. The van der Waals surface area contributed by atoms with E-state index in [2.05, 4.69) is 4.98 Å². The Kier molecular flexibility index (Phi) is 2.79. The molecule has 1 aromatic heterocycles. The van der Waals surface area contributed by atoms with Gasteiger partial charge in [0.2, 0.25) is 0 Å². The van der Waals surface area contributed by atoms with Gasteiger partial charge in [-0.3, -0.25) is 0 Å². The van der Waals surface area contributed by atoms with Crippen LogP contribution >= 0.6 is 0 Å². The van der Waals surface area contributed by atoms with Crippen LogP contribution in [0.15, 0.2) is 48.7 Å². The highest BCUT2D eigenvalue weighted by Gasteiger charge is 1.92. The van der Waals surface area contributed by atoms with Gasteiger partial charge < -0.3 is 5.73 Å².